The van der Waals surface area contributed by atoms with Gasteiger partial charge in [-0.1, -0.05) is 42.5 Å². The van der Waals surface area contributed by atoms with Gasteiger partial charge in [-0.05, 0) is 66.1 Å². The summed E-state index contributed by atoms with van der Waals surface area (Å²) in [4.78, 5) is 14.0. The summed E-state index contributed by atoms with van der Waals surface area (Å²) in [5.74, 6) is 0.818. The van der Waals surface area contributed by atoms with Gasteiger partial charge in [0.25, 0.3) is 1.43 Å². The Kier molecular flexibility index (Phi) is 6.68. The fourth-order valence-corrected chi connectivity index (χ4v) is 4.67. The molecule has 1 atom stereocenters. The molecule has 4 rings (SSSR count). The Morgan fingerprint density at radius 3 is 2.29 bits per heavy atom. The maximum Gasteiger partial charge on any atom is 0.293 e. The van der Waals surface area contributed by atoms with Gasteiger partial charge in [0.1, 0.15) is 29.6 Å². The fourth-order valence-electron chi connectivity index (χ4n) is 3.46. The van der Waals surface area contributed by atoms with E-state index in [0.717, 1.165) is 11.1 Å². The highest BCUT2D eigenvalue weighted by Crippen LogP contribution is 2.44. The molecule has 1 unspecified atom stereocenters. The average molecular weight is 475 g/mol. The number of benzene rings is 4. The number of aryl methyl sites for hydroxylation is 1. The standard InChI is InChI=1S/C28H24O5S/c1-18-15-26(24(31)16-25(18)33-17-19-5-3-2-4-6-19)34-28(21-9-13-23(30)14-10-21)27(32)20-7-11-22(29)12-8-20/h2-16,28-31H,17H2,1H3/i/hT. The van der Waals surface area contributed by atoms with Crippen LogP contribution in [0.1, 0.15) is 32.3 Å². The van der Waals surface area contributed by atoms with Crippen molar-refractivity contribution in [3.8, 4) is 23.0 Å². The zero-order valence-electron chi connectivity index (χ0n) is 19.5. The smallest absolute Gasteiger partial charge is 0.293 e. The number of ether oxygens (including phenoxy) is 1. The molecule has 3 N–H and O–H groups in total. The van der Waals surface area contributed by atoms with Gasteiger partial charge in [0, 0.05) is 11.6 Å². The highest BCUT2D eigenvalue weighted by molar-refractivity contribution is 8.00. The summed E-state index contributed by atoms with van der Waals surface area (Å²) < 4.78 is 13.0. The van der Waals surface area contributed by atoms with Gasteiger partial charge in [-0.3, -0.25) is 4.79 Å². The van der Waals surface area contributed by atoms with Gasteiger partial charge in [-0.2, -0.15) is 0 Å². The summed E-state index contributed by atoms with van der Waals surface area (Å²) >= 11 is 1.22. The number of phenols is 3. The molecule has 0 aliphatic carbocycles. The topological polar surface area (TPSA) is 87.0 Å². The predicted molar refractivity (Wildman–Crippen MR) is 133 cm³/mol. The Bertz CT molecular complexity index is 1290. The molecule has 172 valence electrons. The number of phenolic OH excluding ortho intramolecular Hbond substituents is 3. The Balaban J connectivity index is 1.61. The summed E-state index contributed by atoms with van der Waals surface area (Å²) in [6.07, 6.45) is 0. The number of ketones is 1. The first-order valence-corrected chi connectivity index (χ1v) is 11.6. The second-order valence-corrected chi connectivity index (χ2v) is 8.98. The molecule has 0 saturated carbocycles. The Morgan fingerprint density at radius 2 is 1.62 bits per heavy atom. The number of carbonyl (C=O) groups excluding carboxylic acids is 1. The van der Waals surface area contributed by atoms with E-state index in [9.17, 15) is 15.0 Å². The molecule has 6 heteroatoms. The predicted octanol–water partition coefficient (Wildman–Crippen LogP) is 6.41. The van der Waals surface area contributed by atoms with E-state index in [1.165, 1.54) is 23.9 Å². The monoisotopic (exact) mass is 474 g/mol. The van der Waals surface area contributed by atoms with Crippen molar-refractivity contribution >= 4 is 17.5 Å². The quantitative estimate of drug-likeness (QED) is 0.192. The van der Waals surface area contributed by atoms with E-state index in [4.69, 9.17) is 6.17 Å². The lowest BCUT2D eigenvalue weighted by Crippen LogP contribution is -2.10. The zero-order valence-corrected chi connectivity index (χ0v) is 19.3. The summed E-state index contributed by atoms with van der Waals surface area (Å²) in [5.41, 5.74) is 2.97. The van der Waals surface area contributed by atoms with Crippen molar-refractivity contribution in [3.63, 3.8) is 0 Å². The van der Waals surface area contributed by atoms with Crippen LogP contribution in [0.15, 0.2) is 95.9 Å². The van der Waals surface area contributed by atoms with E-state index in [0.29, 0.717) is 34.1 Å². The van der Waals surface area contributed by atoms with Crippen LogP contribution < -0.4 is 4.74 Å². The highest BCUT2D eigenvalue weighted by atomic mass is 32.2. The van der Waals surface area contributed by atoms with Crippen LogP contribution in [0.3, 0.4) is 0 Å². The second kappa shape index (κ2) is 10.4. The summed E-state index contributed by atoms with van der Waals surface area (Å²) in [6.45, 7) is 2.26. The Morgan fingerprint density at radius 1 is 0.941 bits per heavy atom. The van der Waals surface area contributed by atoms with Gasteiger partial charge < -0.3 is 20.1 Å². The molecule has 0 aliphatic heterocycles. The SMILES string of the molecule is [3H]Oc1ccc(C(Sc2cc(C)c(OCc3ccccc3)cc2O)C(=O)c2ccc(O)cc2)cc1. The molecule has 4 aromatic carbocycles. The Labute approximate surface area is 203 Å². The van der Waals surface area contributed by atoms with Crippen LogP contribution in [0.2, 0.25) is 0 Å². The minimum atomic E-state index is -0.680. The number of hydrogen-bond donors (Lipinski definition) is 3. The lowest BCUT2D eigenvalue weighted by molar-refractivity contribution is 0.0989. The molecule has 0 bridgehead atoms. The maximum atomic E-state index is 13.5. The van der Waals surface area contributed by atoms with E-state index in [2.05, 4.69) is 5.11 Å². The number of rotatable bonds is 9. The number of aromatic hydroxyl groups is 3. The number of Topliss-reactive ketones (excluding diaryl/α,β-unsaturated/α-hetero) is 1. The minimum absolute atomic E-state index is 0.0123. The fraction of sp³-hybridized carbons (Fsp3) is 0.107. The molecule has 0 amide bonds. The average Bonchev–Trinajstić information content (AvgIpc) is 2.89. The Hall–Kier alpha value is -3.90. The third-order valence-electron chi connectivity index (χ3n) is 5.31. The lowest BCUT2D eigenvalue weighted by Gasteiger charge is -2.18. The third kappa shape index (κ3) is 5.53. The third-order valence-corrected chi connectivity index (χ3v) is 6.61. The minimum Gasteiger partial charge on any atom is -0.508 e. The van der Waals surface area contributed by atoms with E-state index >= 15 is 0 Å². The number of carbonyl (C=O) groups is 1. The molecule has 34 heavy (non-hydrogen) atoms. The van der Waals surface area contributed by atoms with Crippen LogP contribution in [0.25, 0.3) is 0 Å². The molecule has 0 fully saturated rings. The van der Waals surface area contributed by atoms with E-state index < -0.39 is 5.25 Å². The van der Waals surface area contributed by atoms with Crippen molar-refractivity contribution < 1.29 is 24.9 Å². The molecule has 0 aliphatic rings. The van der Waals surface area contributed by atoms with Crippen LogP contribution in [-0.4, -0.2) is 22.5 Å². The molecule has 0 saturated heterocycles. The van der Waals surface area contributed by atoms with Gasteiger partial charge in [0.05, 0.1) is 10.1 Å². The van der Waals surface area contributed by atoms with Gasteiger partial charge in [-0.25, -0.2) is 0 Å². The van der Waals surface area contributed by atoms with Crippen LogP contribution in [0, 0.1) is 6.92 Å². The van der Waals surface area contributed by atoms with Crippen molar-refractivity contribution in [1.29, 1.82) is 1.43 Å². The number of thioether (sulfide) groups is 1. The lowest BCUT2D eigenvalue weighted by atomic mass is 10.0. The molecule has 4 aromatic rings. The van der Waals surface area contributed by atoms with Gasteiger partial charge in [0.2, 0.25) is 0 Å². The molecule has 0 aromatic heterocycles. The number of hydrogen-bond acceptors (Lipinski definition) is 6. The molecule has 0 radical (unpaired) electrons. The zero-order chi connectivity index (χ0) is 24.8. The van der Waals surface area contributed by atoms with Crippen LogP contribution in [0.4, 0.5) is 0 Å². The maximum absolute atomic E-state index is 13.5. The van der Waals surface area contributed by atoms with Crippen molar-refractivity contribution in [2.45, 2.75) is 23.7 Å². The van der Waals surface area contributed by atoms with Crippen molar-refractivity contribution in [2.24, 2.45) is 0 Å². The molecular weight excluding hydrogens is 448 g/mol. The van der Waals surface area contributed by atoms with Gasteiger partial charge in [-0.15, -0.1) is 11.8 Å². The largest absolute Gasteiger partial charge is 0.508 e. The second-order valence-electron chi connectivity index (χ2n) is 7.84. The van der Waals surface area contributed by atoms with Crippen molar-refractivity contribution in [3.05, 3.63) is 113 Å². The highest BCUT2D eigenvalue weighted by Gasteiger charge is 2.25. The first-order valence-electron chi connectivity index (χ1n) is 11.1. The van der Waals surface area contributed by atoms with Crippen LogP contribution >= 0.6 is 11.8 Å². The van der Waals surface area contributed by atoms with E-state index in [-0.39, 0.29) is 17.3 Å². The summed E-state index contributed by atoms with van der Waals surface area (Å²) in [6, 6.07) is 25.9. The van der Waals surface area contributed by atoms with E-state index in [1.807, 2.05) is 37.3 Å². The molecule has 0 heterocycles. The first-order chi connectivity index (χ1) is 16.9. The van der Waals surface area contributed by atoms with Crippen LogP contribution in [-0.2, 0) is 6.61 Å². The first kappa shape index (κ1) is 21.9. The molecule has 5 nitrogen and oxygen atoms in total. The summed E-state index contributed by atoms with van der Waals surface area (Å²) in [5, 5.41) is 24.2. The summed E-state index contributed by atoms with van der Waals surface area (Å²) in [7, 11) is 0. The van der Waals surface area contributed by atoms with Crippen molar-refractivity contribution in [1.82, 2.24) is 0 Å². The van der Waals surface area contributed by atoms with E-state index in [1.54, 1.807) is 48.5 Å². The molecule has 0 spiro atoms. The molecular formula is C28H24O5S. The van der Waals surface area contributed by atoms with Gasteiger partial charge >= 0.3 is 0 Å². The normalized spacial score (nSPS) is 12.0. The van der Waals surface area contributed by atoms with Gasteiger partial charge in [0.15, 0.2) is 5.78 Å². The van der Waals surface area contributed by atoms with Crippen LogP contribution in [0.5, 0.6) is 23.0 Å². The van der Waals surface area contributed by atoms with Crippen molar-refractivity contribution in [2.75, 3.05) is 0 Å².